The van der Waals surface area contributed by atoms with Gasteiger partial charge >= 0.3 is 0 Å². The summed E-state index contributed by atoms with van der Waals surface area (Å²) in [7, 11) is 0. The number of para-hydroxylation sites is 1. The van der Waals surface area contributed by atoms with Gasteiger partial charge in [0.15, 0.2) is 0 Å². The maximum absolute atomic E-state index is 9.37. The number of hydrogen-bond donors (Lipinski definition) is 2. The van der Waals surface area contributed by atoms with Crippen LogP contribution in [-0.4, -0.2) is 10.2 Å². The average Bonchev–Trinajstić information content (AvgIpc) is 2.69. The van der Waals surface area contributed by atoms with Gasteiger partial charge in [-0.25, -0.2) is 0 Å². The van der Waals surface area contributed by atoms with Gasteiger partial charge in [0.2, 0.25) is 0 Å². The van der Waals surface area contributed by atoms with Crippen molar-refractivity contribution in [3.8, 4) is 11.5 Å². The van der Waals surface area contributed by atoms with Crippen molar-refractivity contribution in [2.24, 2.45) is 0 Å². The summed E-state index contributed by atoms with van der Waals surface area (Å²) in [6.07, 6.45) is 1.25. The van der Waals surface area contributed by atoms with Crippen LogP contribution in [0.5, 0.6) is 11.5 Å². The van der Waals surface area contributed by atoms with Gasteiger partial charge in [0.25, 0.3) is 0 Å². The molecule has 0 atom stereocenters. The molecule has 0 saturated carbocycles. The summed E-state index contributed by atoms with van der Waals surface area (Å²) in [6, 6.07) is 20.5. The summed E-state index contributed by atoms with van der Waals surface area (Å²) >= 11 is 0. The van der Waals surface area contributed by atoms with Crippen molar-refractivity contribution in [2.45, 2.75) is 54.9 Å². The molecule has 26 heavy (non-hydrogen) atoms. The summed E-state index contributed by atoms with van der Waals surface area (Å²) < 4.78 is 0. The van der Waals surface area contributed by atoms with Crippen LogP contribution < -0.4 is 0 Å². The molecule has 3 rings (SSSR count). The van der Waals surface area contributed by atoms with E-state index in [-0.39, 0.29) is 0 Å². The first-order valence-electron chi connectivity index (χ1n) is 9.51. The van der Waals surface area contributed by atoms with Crippen LogP contribution in [0.2, 0.25) is 0 Å². The highest BCUT2D eigenvalue weighted by molar-refractivity contribution is 5.87. The van der Waals surface area contributed by atoms with Crippen LogP contribution in [0, 0.1) is 6.92 Å². The Morgan fingerprint density at radius 3 is 1.50 bits per heavy atom. The molecule has 0 bridgehead atoms. The first-order chi connectivity index (χ1) is 12.6. The molecule has 0 aliphatic carbocycles. The zero-order valence-electron chi connectivity index (χ0n) is 17.5. The monoisotopic (exact) mass is 356 g/mol. The molecule has 144 valence electrons. The van der Waals surface area contributed by atoms with Gasteiger partial charge in [-0.3, -0.25) is 0 Å². The molecule has 0 unspecified atom stereocenters. The molecule has 0 fully saturated rings. The number of aryl methyl sites for hydroxylation is 1. The van der Waals surface area contributed by atoms with Gasteiger partial charge in [-0.1, -0.05) is 103 Å². The number of phenolic OH excluding ortho intramolecular Hbond substituents is 2. The van der Waals surface area contributed by atoms with Crippen LogP contribution in [0.4, 0.5) is 0 Å². The molecule has 3 aromatic carbocycles. The van der Waals surface area contributed by atoms with Gasteiger partial charge in [-0.05, 0) is 30.0 Å². The first kappa shape index (κ1) is 25.8. The Morgan fingerprint density at radius 2 is 1.04 bits per heavy atom. The molecule has 0 amide bonds. The van der Waals surface area contributed by atoms with Crippen LogP contribution in [-0.2, 0) is 0 Å². The van der Waals surface area contributed by atoms with E-state index in [1.54, 1.807) is 12.1 Å². The van der Waals surface area contributed by atoms with E-state index in [0.717, 1.165) is 16.3 Å². The Balaban J connectivity index is 0. The predicted molar refractivity (Wildman–Crippen MR) is 117 cm³/mol. The molecule has 0 aliphatic rings. The molecular weight excluding hydrogens is 320 g/mol. The summed E-state index contributed by atoms with van der Waals surface area (Å²) in [6.45, 7) is 14.1. The lowest BCUT2D eigenvalue weighted by atomic mass is 10.1. The second-order valence-electron chi connectivity index (χ2n) is 4.99. The topological polar surface area (TPSA) is 40.5 Å². The quantitative estimate of drug-likeness (QED) is 0.433. The molecule has 0 radical (unpaired) electrons. The van der Waals surface area contributed by atoms with E-state index in [2.05, 4.69) is 13.8 Å². The summed E-state index contributed by atoms with van der Waals surface area (Å²) in [5, 5.41) is 20.3. The fourth-order valence-corrected chi connectivity index (χ4v) is 1.77. The third-order valence-corrected chi connectivity index (χ3v) is 2.88. The van der Waals surface area contributed by atoms with E-state index in [4.69, 9.17) is 5.11 Å². The number of benzene rings is 3. The van der Waals surface area contributed by atoms with E-state index < -0.39 is 0 Å². The zero-order chi connectivity index (χ0) is 20.4. The molecule has 0 spiro atoms. The molecule has 2 heteroatoms. The minimum Gasteiger partial charge on any atom is -0.508 e. The molecule has 0 saturated heterocycles. The second kappa shape index (κ2) is 17.3. The summed E-state index contributed by atoms with van der Waals surface area (Å²) in [5.41, 5.74) is 0.924. The zero-order valence-corrected chi connectivity index (χ0v) is 17.5. The van der Waals surface area contributed by atoms with Crippen molar-refractivity contribution in [3.63, 3.8) is 0 Å². The van der Waals surface area contributed by atoms with Gasteiger partial charge in [-0.2, -0.15) is 0 Å². The van der Waals surface area contributed by atoms with Crippen LogP contribution in [0.1, 0.15) is 53.5 Å². The molecule has 2 N–H and O–H groups in total. The van der Waals surface area contributed by atoms with Crippen molar-refractivity contribution >= 4 is 10.8 Å². The highest BCUT2D eigenvalue weighted by Gasteiger charge is 1.94. The van der Waals surface area contributed by atoms with Crippen molar-refractivity contribution in [3.05, 3.63) is 72.3 Å². The first-order valence-corrected chi connectivity index (χ1v) is 9.51. The van der Waals surface area contributed by atoms with E-state index in [0.29, 0.717) is 11.5 Å². The number of fused-ring (bicyclic) bond motifs is 1. The number of rotatable bonds is 0. The molecule has 3 aromatic rings. The summed E-state index contributed by atoms with van der Waals surface area (Å²) in [4.78, 5) is 0. The lowest BCUT2D eigenvalue weighted by Crippen LogP contribution is -1.70. The van der Waals surface area contributed by atoms with Gasteiger partial charge < -0.3 is 10.2 Å². The summed E-state index contributed by atoms with van der Waals surface area (Å²) in [5.74, 6) is 0.718. The average molecular weight is 357 g/mol. The maximum Gasteiger partial charge on any atom is 0.123 e. The Morgan fingerprint density at radius 1 is 0.615 bits per heavy atom. The Bertz CT molecular complexity index is 664. The Hall–Kier alpha value is -2.48. The fourth-order valence-electron chi connectivity index (χ4n) is 1.77. The highest BCUT2D eigenvalue weighted by atomic mass is 16.3. The number of hydrogen-bond acceptors (Lipinski definition) is 2. The smallest absolute Gasteiger partial charge is 0.123 e. The van der Waals surface area contributed by atoms with Gasteiger partial charge in [0.1, 0.15) is 11.5 Å². The van der Waals surface area contributed by atoms with Crippen molar-refractivity contribution in [1.29, 1.82) is 0 Å². The minimum absolute atomic E-state index is 0.350. The molecule has 0 heterocycles. The maximum atomic E-state index is 9.37. The van der Waals surface area contributed by atoms with Crippen molar-refractivity contribution in [1.82, 2.24) is 0 Å². The number of phenols is 2. The Kier molecular flexibility index (Phi) is 17.2. The largest absolute Gasteiger partial charge is 0.508 e. The predicted octanol–water partition coefficient (Wildman–Crippen LogP) is 7.71. The van der Waals surface area contributed by atoms with Crippen molar-refractivity contribution < 1.29 is 10.2 Å². The van der Waals surface area contributed by atoms with Gasteiger partial charge in [-0.15, -0.1) is 0 Å². The van der Waals surface area contributed by atoms with E-state index in [1.807, 2.05) is 89.2 Å². The third-order valence-electron chi connectivity index (χ3n) is 2.88. The van der Waals surface area contributed by atoms with Gasteiger partial charge in [0, 0.05) is 5.39 Å². The van der Waals surface area contributed by atoms with E-state index in [1.165, 1.54) is 6.42 Å². The van der Waals surface area contributed by atoms with Crippen molar-refractivity contribution in [2.75, 3.05) is 0 Å². The SMILES string of the molecule is CC.CC.CCC.Cc1ccccc1O.Oc1cccc2ccccc12. The van der Waals surface area contributed by atoms with Crippen LogP contribution >= 0.6 is 0 Å². The van der Waals surface area contributed by atoms with Crippen LogP contribution in [0.25, 0.3) is 10.8 Å². The van der Waals surface area contributed by atoms with Crippen LogP contribution in [0.3, 0.4) is 0 Å². The van der Waals surface area contributed by atoms with E-state index in [9.17, 15) is 5.11 Å². The second-order valence-corrected chi connectivity index (χ2v) is 4.99. The fraction of sp³-hybridized carbons (Fsp3) is 0.333. The minimum atomic E-state index is 0.350. The molecule has 0 aliphatic heterocycles. The normalized spacial score (nSPS) is 8.27. The van der Waals surface area contributed by atoms with Gasteiger partial charge in [0.05, 0.1) is 0 Å². The highest BCUT2D eigenvalue weighted by Crippen LogP contribution is 2.22. The standard InChI is InChI=1S/C10H8O.C7H8O.C3H8.2C2H6/c11-10-7-3-5-8-4-1-2-6-9(8)10;1-6-4-2-3-5-7(6)8;1-3-2;2*1-2/h1-7,11H;2-5,8H,1H3;3H2,1-2H3;2*1-2H3. The lowest BCUT2D eigenvalue weighted by molar-refractivity contribution is 0.471. The molecule has 2 nitrogen and oxygen atoms in total. The lowest BCUT2D eigenvalue weighted by Gasteiger charge is -1.97. The number of aromatic hydroxyl groups is 2. The van der Waals surface area contributed by atoms with Crippen LogP contribution in [0.15, 0.2) is 66.7 Å². The Labute approximate surface area is 160 Å². The van der Waals surface area contributed by atoms with E-state index >= 15 is 0 Å². The third kappa shape index (κ3) is 10.4. The molecular formula is C24H36O2. The molecule has 0 aromatic heterocycles.